The molecule has 7 nitrogen and oxygen atoms in total. The van der Waals surface area contributed by atoms with Gasteiger partial charge in [-0.25, -0.2) is 4.79 Å². The van der Waals surface area contributed by atoms with Gasteiger partial charge in [0.15, 0.2) is 5.78 Å². The minimum absolute atomic E-state index is 0.0762. The number of ketones is 1. The van der Waals surface area contributed by atoms with Gasteiger partial charge in [-0.1, -0.05) is 6.08 Å². The van der Waals surface area contributed by atoms with E-state index in [2.05, 4.69) is 0 Å². The highest BCUT2D eigenvalue weighted by molar-refractivity contribution is 5.95. The number of aliphatic hydroxyl groups excluding tert-OH is 2. The van der Waals surface area contributed by atoms with Crippen LogP contribution in [0.25, 0.3) is 0 Å². The minimum atomic E-state index is -1.50. The molecular weight excluding hydrogens is 352 g/mol. The molecule has 1 aromatic carbocycles. The molecule has 3 atom stereocenters. The molecule has 0 bridgehead atoms. The van der Waals surface area contributed by atoms with Crippen LogP contribution in [0.1, 0.15) is 47.7 Å². The Bertz CT molecular complexity index is 738. The van der Waals surface area contributed by atoms with Gasteiger partial charge in [0.05, 0.1) is 13.2 Å². The average molecular weight is 378 g/mol. The van der Waals surface area contributed by atoms with Gasteiger partial charge in [0.2, 0.25) is 0 Å². The summed E-state index contributed by atoms with van der Waals surface area (Å²) in [7, 11) is 1.47. The Labute approximate surface area is 158 Å². The standard InChI is InChI=1S/C20H26O7/c1-11-6-4-8-14(21)19(24)15(22)9-5-7-13-12(2)17(26-3)10-16(23)18(13)20(25)27-11/h4,8,10-11,15,19,22-24H,5-7,9H2,1-3H3/b8-4-/t11-,15-,19+/m0/s1. The molecule has 27 heavy (non-hydrogen) atoms. The molecule has 0 radical (unpaired) electrons. The van der Waals surface area contributed by atoms with Crippen molar-refractivity contribution in [1.82, 2.24) is 0 Å². The molecule has 0 spiro atoms. The van der Waals surface area contributed by atoms with E-state index in [1.165, 1.54) is 25.3 Å². The van der Waals surface area contributed by atoms with Crippen LogP contribution >= 0.6 is 0 Å². The normalized spacial score (nSPS) is 25.9. The number of methoxy groups -OCH3 is 1. The van der Waals surface area contributed by atoms with E-state index < -0.39 is 30.1 Å². The highest BCUT2D eigenvalue weighted by atomic mass is 16.5. The predicted octanol–water partition coefficient (Wildman–Crippen LogP) is 1.83. The van der Waals surface area contributed by atoms with Crippen LogP contribution in [0.4, 0.5) is 0 Å². The summed E-state index contributed by atoms with van der Waals surface area (Å²) >= 11 is 0. The third-order valence-corrected chi connectivity index (χ3v) is 4.71. The molecule has 7 heteroatoms. The Morgan fingerprint density at radius 1 is 1.26 bits per heavy atom. The summed E-state index contributed by atoms with van der Waals surface area (Å²) in [5.41, 5.74) is 1.32. The SMILES string of the molecule is COc1cc(O)c2c(c1C)CCC[C@H](O)[C@H](O)C(=O)/C=C\C[C@H](C)OC2=O. The number of carbonyl (C=O) groups is 2. The predicted molar refractivity (Wildman–Crippen MR) is 98.0 cm³/mol. The average Bonchev–Trinajstić information content (AvgIpc) is 2.62. The van der Waals surface area contributed by atoms with Crippen molar-refractivity contribution in [3.05, 3.63) is 34.9 Å². The smallest absolute Gasteiger partial charge is 0.342 e. The molecule has 2 rings (SSSR count). The highest BCUT2D eigenvalue weighted by Gasteiger charge is 2.26. The Morgan fingerprint density at radius 3 is 2.63 bits per heavy atom. The fourth-order valence-corrected chi connectivity index (χ4v) is 3.15. The van der Waals surface area contributed by atoms with E-state index >= 15 is 0 Å². The van der Waals surface area contributed by atoms with Crippen LogP contribution in [-0.4, -0.2) is 52.5 Å². The second-order valence-corrected chi connectivity index (χ2v) is 6.74. The van der Waals surface area contributed by atoms with Crippen molar-refractivity contribution in [3.8, 4) is 11.5 Å². The zero-order valence-electron chi connectivity index (χ0n) is 15.8. The van der Waals surface area contributed by atoms with Gasteiger partial charge in [-0.05, 0) is 50.3 Å². The van der Waals surface area contributed by atoms with Crippen LogP contribution in [0, 0.1) is 6.92 Å². The van der Waals surface area contributed by atoms with Gasteiger partial charge in [0.25, 0.3) is 0 Å². The van der Waals surface area contributed by atoms with E-state index in [4.69, 9.17) is 9.47 Å². The lowest BCUT2D eigenvalue weighted by atomic mass is 9.93. The number of ether oxygens (including phenoxy) is 2. The number of carbonyl (C=O) groups excluding carboxylic acids is 2. The zero-order valence-corrected chi connectivity index (χ0v) is 15.8. The molecule has 1 aliphatic rings. The van der Waals surface area contributed by atoms with Crippen molar-refractivity contribution < 1.29 is 34.4 Å². The number of phenolic OH excluding ortho intramolecular Hbond substituents is 1. The number of hydrogen-bond donors (Lipinski definition) is 3. The van der Waals surface area contributed by atoms with Gasteiger partial charge in [-0.2, -0.15) is 0 Å². The second kappa shape index (κ2) is 9.01. The number of esters is 1. The van der Waals surface area contributed by atoms with Gasteiger partial charge >= 0.3 is 5.97 Å². The van der Waals surface area contributed by atoms with Crippen molar-refractivity contribution in [3.63, 3.8) is 0 Å². The molecule has 0 aliphatic carbocycles. The van der Waals surface area contributed by atoms with Crippen LogP contribution in [-0.2, 0) is 16.0 Å². The number of aliphatic hydroxyl groups is 2. The molecule has 0 saturated heterocycles. The summed E-state index contributed by atoms with van der Waals surface area (Å²) in [5.74, 6) is -1.04. The largest absolute Gasteiger partial charge is 0.507 e. The number of aromatic hydroxyl groups is 1. The van der Waals surface area contributed by atoms with E-state index in [1.54, 1.807) is 13.8 Å². The molecule has 0 aromatic heterocycles. The Morgan fingerprint density at radius 2 is 1.96 bits per heavy atom. The van der Waals surface area contributed by atoms with E-state index in [0.717, 1.165) is 0 Å². The van der Waals surface area contributed by atoms with Gasteiger partial charge in [0, 0.05) is 12.5 Å². The van der Waals surface area contributed by atoms with Crippen LogP contribution < -0.4 is 4.74 Å². The maximum Gasteiger partial charge on any atom is 0.342 e. The fourth-order valence-electron chi connectivity index (χ4n) is 3.15. The molecule has 1 aliphatic heterocycles. The third kappa shape index (κ3) is 4.87. The molecule has 0 amide bonds. The van der Waals surface area contributed by atoms with E-state index in [-0.39, 0.29) is 24.2 Å². The van der Waals surface area contributed by atoms with Gasteiger partial charge in [-0.3, -0.25) is 4.79 Å². The Kier molecular flexibility index (Phi) is 6.98. The minimum Gasteiger partial charge on any atom is -0.507 e. The van der Waals surface area contributed by atoms with E-state index in [1.807, 2.05) is 0 Å². The second-order valence-electron chi connectivity index (χ2n) is 6.74. The molecule has 0 unspecified atom stereocenters. The molecule has 0 fully saturated rings. The van der Waals surface area contributed by atoms with Gasteiger partial charge < -0.3 is 24.8 Å². The van der Waals surface area contributed by atoms with Crippen LogP contribution in [0.2, 0.25) is 0 Å². The number of phenols is 1. The topological polar surface area (TPSA) is 113 Å². The highest BCUT2D eigenvalue weighted by Crippen LogP contribution is 2.34. The first kappa shape index (κ1) is 20.9. The molecule has 1 heterocycles. The Hall–Kier alpha value is -2.38. The molecule has 148 valence electrons. The molecular formula is C20H26O7. The van der Waals surface area contributed by atoms with E-state index in [0.29, 0.717) is 29.7 Å². The first-order chi connectivity index (χ1) is 12.8. The lowest BCUT2D eigenvalue weighted by Crippen LogP contribution is -2.33. The summed E-state index contributed by atoms with van der Waals surface area (Å²) in [6, 6.07) is 1.38. The zero-order chi connectivity index (χ0) is 20.1. The summed E-state index contributed by atoms with van der Waals surface area (Å²) in [5, 5.41) is 30.4. The third-order valence-electron chi connectivity index (χ3n) is 4.71. The van der Waals surface area contributed by atoms with Crippen LogP contribution in [0.15, 0.2) is 18.2 Å². The number of rotatable bonds is 1. The van der Waals surface area contributed by atoms with Crippen molar-refractivity contribution >= 4 is 11.8 Å². The number of fused-ring (bicyclic) bond motifs is 1. The number of benzene rings is 1. The van der Waals surface area contributed by atoms with Crippen LogP contribution in [0.3, 0.4) is 0 Å². The summed E-state index contributed by atoms with van der Waals surface area (Å²) in [6.07, 6.45) is 0.558. The first-order valence-electron chi connectivity index (χ1n) is 8.93. The monoisotopic (exact) mass is 378 g/mol. The van der Waals surface area contributed by atoms with Gasteiger partial charge in [-0.15, -0.1) is 0 Å². The molecule has 1 aromatic rings. The van der Waals surface area contributed by atoms with Gasteiger partial charge in [0.1, 0.15) is 29.3 Å². The molecule has 0 saturated carbocycles. The van der Waals surface area contributed by atoms with Crippen LogP contribution in [0.5, 0.6) is 11.5 Å². The van der Waals surface area contributed by atoms with Crippen molar-refractivity contribution in [1.29, 1.82) is 0 Å². The summed E-state index contributed by atoms with van der Waals surface area (Å²) in [4.78, 5) is 24.5. The van der Waals surface area contributed by atoms with E-state index in [9.17, 15) is 24.9 Å². The van der Waals surface area contributed by atoms with Crippen molar-refractivity contribution in [2.24, 2.45) is 0 Å². The number of hydrogen-bond acceptors (Lipinski definition) is 7. The Balaban J connectivity index is 2.44. The molecule has 3 N–H and O–H groups in total. The van der Waals surface area contributed by atoms with Crippen molar-refractivity contribution in [2.45, 2.75) is 57.8 Å². The summed E-state index contributed by atoms with van der Waals surface area (Å²) in [6.45, 7) is 3.44. The maximum atomic E-state index is 12.6. The fraction of sp³-hybridized carbons (Fsp3) is 0.500. The first-order valence-corrected chi connectivity index (χ1v) is 8.93. The maximum absolute atomic E-state index is 12.6. The lowest BCUT2D eigenvalue weighted by Gasteiger charge is -2.20. The number of cyclic esters (lactones) is 1. The van der Waals surface area contributed by atoms with Crippen molar-refractivity contribution in [2.75, 3.05) is 7.11 Å². The lowest BCUT2D eigenvalue weighted by molar-refractivity contribution is -0.128. The quantitative estimate of drug-likeness (QED) is 0.639. The summed E-state index contributed by atoms with van der Waals surface area (Å²) < 4.78 is 10.7.